The Hall–Kier alpha value is -1.91. The van der Waals surface area contributed by atoms with E-state index < -0.39 is 5.60 Å². The summed E-state index contributed by atoms with van der Waals surface area (Å²) in [5.41, 5.74) is 0.300. The van der Waals surface area contributed by atoms with Crippen LogP contribution in [-0.4, -0.2) is 63.0 Å². The van der Waals surface area contributed by atoms with Crippen molar-refractivity contribution in [2.45, 2.75) is 40.2 Å². The lowest BCUT2D eigenvalue weighted by Crippen LogP contribution is -2.38. The molecule has 0 saturated heterocycles. The molecule has 0 atom stereocenters. The normalized spacial score (nSPS) is 11.2. The number of carbonyl (C=O) groups is 1. The van der Waals surface area contributed by atoms with Gasteiger partial charge in [0.25, 0.3) is 0 Å². The molecule has 0 radical (unpaired) electrons. The van der Waals surface area contributed by atoms with Gasteiger partial charge in [-0.1, -0.05) is 0 Å². The Kier molecular flexibility index (Phi) is 12.5. The number of nitrogens with zero attached hydrogens (tertiary/aromatic N) is 2. The summed E-state index contributed by atoms with van der Waals surface area (Å²) in [7, 11) is 3.19. The molecule has 0 fully saturated rings. The maximum Gasteiger partial charge on any atom is 0.410 e. The van der Waals surface area contributed by atoms with Crippen molar-refractivity contribution in [1.82, 2.24) is 10.2 Å². The van der Waals surface area contributed by atoms with E-state index >= 15 is 0 Å². The molecule has 0 unspecified atom stereocenters. The highest BCUT2D eigenvalue weighted by molar-refractivity contribution is 14.0. The molecule has 0 saturated carbocycles. The standard InChI is InChI=1S/C20H34N4O4.HI/c1-8-21-18(23-15-10-11-16(26-6)17(14-15)27-7)22-12-13-24(9-2)19(25)28-20(3,4)5;/h10-11,14H,8-9,12-13H2,1-7H3,(H2,21,22,23);1H. The van der Waals surface area contributed by atoms with E-state index in [2.05, 4.69) is 15.6 Å². The molecular formula is C20H35IN4O4. The zero-order valence-electron chi connectivity index (χ0n) is 18.5. The van der Waals surface area contributed by atoms with E-state index in [0.717, 1.165) is 5.69 Å². The van der Waals surface area contributed by atoms with Crippen LogP contribution in [0, 0.1) is 0 Å². The second-order valence-electron chi connectivity index (χ2n) is 7.02. The molecule has 9 heteroatoms. The van der Waals surface area contributed by atoms with Gasteiger partial charge in [-0.25, -0.2) is 4.79 Å². The fourth-order valence-electron chi connectivity index (χ4n) is 2.35. The highest BCUT2D eigenvalue weighted by Crippen LogP contribution is 2.29. The number of ether oxygens (including phenoxy) is 3. The first-order valence-corrected chi connectivity index (χ1v) is 9.49. The second-order valence-corrected chi connectivity index (χ2v) is 7.02. The minimum Gasteiger partial charge on any atom is -0.493 e. The van der Waals surface area contributed by atoms with Crippen LogP contribution in [0.3, 0.4) is 0 Å². The average molecular weight is 522 g/mol. The van der Waals surface area contributed by atoms with Crippen molar-refractivity contribution in [2.24, 2.45) is 4.99 Å². The summed E-state index contributed by atoms with van der Waals surface area (Å²) < 4.78 is 16.0. The first kappa shape index (κ1) is 27.1. The quantitative estimate of drug-likeness (QED) is 0.306. The molecule has 1 aromatic carbocycles. The fourth-order valence-corrected chi connectivity index (χ4v) is 2.35. The molecule has 0 aliphatic rings. The summed E-state index contributed by atoms with van der Waals surface area (Å²) in [5.74, 6) is 1.91. The van der Waals surface area contributed by atoms with Crippen LogP contribution in [0.4, 0.5) is 10.5 Å². The van der Waals surface area contributed by atoms with Gasteiger partial charge >= 0.3 is 6.09 Å². The maximum absolute atomic E-state index is 12.2. The van der Waals surface area contributed by atoms with Crippen LogP contribution in [-0.2, 0) is 4.74 Å². The largest absolute Gasteiger partial charge is 0.493 e. The molecule has 2 N–H and O–H groups in total. The Morgan fingerprint density at radius 1 is 1.14 bits per heavy atom. The minimum absolute atomic E-state index is 0. The van der Waals surface area contributed by atoms with Crippen LogP contribution in [0.15, 0.2) is 23.2 Å². The Labute approximate surface area is 191 Å². The van der Waals surface area contributed by atoms with Gasteiger partial charge in [0.1, 0.15) is 5.60 Å². The maximum atomic E-state index is 12.2. The van der Waals surface area contributed by atoms with Gasteiger partial charge < -0.3 is 29.7 Å². The van der Waals surface area contributed by atoms with Crippen LogP contribution in [0.2, 0.25) is 0 Å². The predicted molar refractivity (Wildman–Crippen MR) is 128 cm³/mol. The zero-order valence-corrected chi connectivity index (χ0v) is 20.8. The number of hydrogen-bond donors (Lipinski definition) is 2. The van der Waals surface area contributed by atoms with Crippen LogP contribution < -0.4 is 20.1 Å². The molecule has 1 rings (SSSR count). The Bertz CT molecular complexity index is 662. The van der Waals surface area contributed by atoms with Gasteiger partial charge in [0.15, 0.2) is 17.5 Å². The van der Waals surface area contributed by atoms with Gasteiger partial charge in [0, 0.05) is 31.4 Å². The topological polar surface area (TPSA) is 84.4 Å². The van der Waals surface area contributed by atoms with Crippen molar-refractivity contribution < 1.29 is 19.0 Å². The first-order chi connectivity index (χ1) is 13.2. The number of anilines is 1. The van der Waals surface area contributed by atoms with Crippen molar-refractivity contribution in [3.63, 3.8) is 0 Å². The Balaban J connectivity index is 0.00000784. The monoisotopic (exact) mass is 522 g/mol. The van der Waals surface area contributed by atoms with Crippen molar-refractivity contribution >= 4 is 41.7 Å². The second kappa shape index (κ2) is 13.3. The first-order valence-electron chi connectivity index (χ1n) is 9.49. The number of likely N-dealkylation sites (N-methyl/N-ethyl adjacent to an activating group) is 1. The van der Waals surface area contributed by atoms with Crippen molar-refractivity contribution in [3.8, 4) is 11.5 Å². The number of aliphatic imine (C=N–C) groups is 1. The number of nitrogens with one attached hydrogen (secondary N) is 2. The highest BCUT2D eigenvalue weighted by atomic mass is 127. The molecule has 0 aromatic heterocycles. The van der Waals surface area contributed by atoms with Crippen LogP contribution in [0.25, 0.3) is 0 Å². The number of benzene rings is 1. The van der Waals surface area contributed by atoms with E-state index in [1.807, 2.05) is 52.8 Å². The highest BCUT2D eigenvalue weighted by Gasteiger charge is 2.20. The molecule has 29 heavy (non-hydrogen) atoms. The third kappa shape index (κ3) is 9.91. The van der Waals surface area contributed by atoms with Gasteiger partial charge in [-0.3, -0.25) is 4.99 Å². The van der Waals surface area contributed by atoms with Crippen LogP contribution >= 0.6 is 24.0 Å². The van der Waals surface area contributed by atoms with E-state index in [1.165, 1.54) is 0 Å². The summed E-state index contributed by atoms with van der Waals surface area (Å²) in [6.45, 7) is 11.6. The number of halogens is 1. The lowest BCUT2D eigenvalue weighted by atomic mass is 10.2. The smallest absolute Gasteiger partial charge is 0.410 e. The van der Waals surface area contributed by atoms with Gasteiger partial charge in [-0.05, 0) is 46.8 Å². The SMILES string of the molecule is CCNC(=NCCN(CC)C(=O)OC(C)(C)C)Nc1ccc(OC)c(OC)c1.I. The summed E-state index contributed by atoms with van der Waals surface area (Å²) in [6, 6.07) is 5.55. The molecule has 166 valence electrons. The number of amides is 1. The molecule has 0 aliphatic carbocycles. The Morgan fingerprint density at radius 2 is 1.79 bits per heavy atom. The number of carbonyl (C=O) groups excluding carboxylic acids is 1. The predicted octanol–water partition coefficient (Wildman–Crippen LogP) is 3.96. The summed E-state index contributed by atoms with van der Waals surface area (Å²) in [4.78, 5) is 18.4. The van der Waals surface area contributed by atoms with Gasteiger partial charge in [0.2, 0.25) is 0 Å². The Morgan fingerprint density at radius 3 is 2.31 bits per heavy atom. The summed E-state index contributed by atoms with van der Waals surface area (Å²) in [5, 5.41) is 6.42. The lowest BCUT2D eigenvalue weighted by Gasteiger charge is -2.26. The fraction of sp³-hybridized carbons (Fsp3) is 0.600. The number of rotatable bonds is 8. The number of guanidine groups is 1. The number of methoxy groups -OCH3 is 2. The summed E-state index contributed by atoms with van der Waals surface area (Å²) >= 11 is 0. The van der Waals surface area contributed by atoms with Crippen LogP contribution in [0.1, 0.15) is 34.6 Å². The molecule has 0 bridgehead atoms. The molecule has 0 heterocycles. The molecule has 0 aliphatic heterocycles. The van der Waals surface area contributed by atoms with E-state index in [9.17, 15) is 4.79 Å². The third-order valence-electron chi connectivity index (χ3n) is 3.66. The minimum atomic E-state index is -0.516. The van der Waals surface area contributed by atoms with Gasteiger partial charge in [-0.15, -0.1) is 24.0 Å². The third-order valence-corrected chi connectivity index (χ3v) is 3.66. The van der Waals surface area contributed by atoms with Crippen molar-refractivity contribution in [3.05, 3.63) is 18.2 Å². The van der Waals surface area contributed by atoms with Gasteiger partial charge in [-0.2, -0.15) is 0 Å². The van der Waals surface area contributed by atoms with Crippen molar-refractivity contribution in [2.75, 3.05) is 45.7 Å². The molecular weight excluding hydrogens is 487 g/mol. The van der Waals surface area contributed by atoms with E-state index in [-0.39, 0.29) is 30.1 Å². The summed E-state index contributed by atoms with van der Waals surface area (Å²) in [6.07, 6.45) is -0.331. The van der Waals surface area contributed by atoms with Crippen LogP contribution in [0.5, 0.6) is 11.5 Å². The zero-order chi connectivity index (χ0) is 21.2. The van der Waals surface area contributed by atoms with E-state index in [4.69, 9.17) is 14.2 Å². The molecule has 8 nitrogen and oxygen atoms in total. The molecule has 1 aromatic rings. The van der Waals surface area contributed by atoms with Gasteiger partial charge in [0.05, 0.1) is 20.8 Å². The molecule has 1 amide bonds. The lowest BCUT2D eigenvalue weighted by molar-refractivity contribution is 0.0266. The number of hydrogen-bond acceptors (Lipinski definition) is 5. The van der Waals surface area contributed by atoms with E-state index in [0.29, 0.717) is 43.6 Å². The molecule has 0 spiro atoms. The average Bonchev–Trinajstić information content (AvgIpc) is 2.63. The van der Waals surface area contributed by atoms with E-state index in [1.54, 1.807) is 19.1 Å². The van der Waals surface area contributed by atoms with Crippen molar-refractivity contribution in [1.29, 1.82) is 0 Å².